The number of carbonyl (C=O) groups is 3. The maximum absolute atomic E-state index is 14.9. The SMILES string of the molecule is N#C[C@H](C[C@H]1CCNC1=O)NC(=O)[C@@H]1[C@@H]2CC[C@@H](CC2(F)F)N1C(=O)c1cc2c(C(F)F)cccc2[nH]1. The van der Waals surface area contributed by atoms with Crippen molar-refractivity contribution in [2.75, 3.05) is 6.54 Å². The number of nitriles is 1. The molecule has 1 aromatic heterocycles. The summed E-state index contributed by atoms with van der Waals surface area (Å²) in [6, 6.07) is 3.75. The Labute approximate surface area is 209 Å². The monoisotopic (exact) mass is 519 g/mol. The van der Waals surface area contributed by atoms with E-state index in [1.165, 1.54) is 24.3 Å². The van der Waals surface area contributed by atoms with E-state index in [4.69, 9.17) is 0 Å². The molecule has 0 unspecified atom stereocenters. The fraction of sp³-hybridized carbons (Fsp3) is 0.520. The second-order valence-electron chi connectivity index (χ2n) is 9.95. The number of halogens is 4. The molecule has 3 saturated heterocycles. The number of rotatable bonds is 6. The summed E-state index contributed by atoms with van der Waals surface area (Å²) in [4.78, 5) is 42.8. The van der Waals surface area contributed by atoms with E-state index in [1.807, 2.05) is 6.07 Å². The largest absolute Gasteiger partial charge is 0.356 e. The van der Waals surface area contributed by atoms with Crippen LogP contribution in [0.4, 0.5) is 17.6 Å². The lowest BCUT2D eigenvalue weighted by Gasteiger charge is -2.53. The van der Waals surface area contributed by atoms with Gasteiger partial charge in [-0.1, -0.05) is 12.1 Å². The third kappa shape index (κ3) is 4.40. The summed E-state index contributed by atoms with van der Waals surface area (Å²) in [6.07, 6.45) is -2.59. The molecule has 0 spiro atoms. The number of piperidine rings is 2. The Bertz CT molecular complexity index is 1290. The van der Waals surface area contributed by atoms with Crippen LogP contribution < -0.4 is 10.6 Å². The standard InChI is InChI=1S/C25H25F4N5O3/c26-21(27)15-2-1-3-18-16(15)9-19(33-18)24(37)34-14-4-5-17(25(28,29)10-14)20(34)23(36)32-13(11-30)8-12-6-7-31-22(12)35/h1-3,9,12-14,17,20-21,33H,4-8,10H2,(H,31,35)(H,32,36)/t12-,13+,14+,17+,20+/m1/s1. The van der Waals surface area contributed by atoms with Crippen LogP contribution in [0.1, 0.15) is 54.6 Å². The third-order valence-electron chi connectivity index (χ3n) is 7.76. The normalized spacial score (nSPS) is 27.2. The molecular weight excluding hydrogens is 494 g/mol. The van der Waals surface area contributed by atoms with Gasteiger partial charge in [0.05, 0.1) is 12.0 Å². The first kappa shape index (κ1) is 25.0. The maximum atomic E-state index is 14.9. The molecule has 2 aromatic rings. The fourth-order valence-corrected chi connectivity index (χ4v) is 5.98. The van der Waals surface area contributed by atoms with E-state index in [0.717, 1.165) is 4.90 Å². The number of aromatic amines is 1. The lowest BCUT2D eigenvalue weighted by Crippen LogP contribution is -2.68. The van der Waals surface area contributed by atoms with Crippen molar-refractivity contribution in [2.45, 2.75) is 62.6 Å². The summed E-state index contributed by atoms with van der Waals surface area (Å²) in [7, 11) is 0. The zero-order valence-electron chi connectivity index (χ0n) is 19.6. The summed E-state index contributed by atoms with van der Waals surface area (Å²) in [5, 5.41) is 14.8. The number of nitrogens with one attached hydrogen (secondary N) is 3. The summed E-state index contributed by atoms with van der Waals surface area (Å²) in [5.74, 6) is -7.02. The molecule has 4 aliphatic rings. The highest BCUT2D eigenvalue weighted by Gasteiger charge is 2.60. The van der Waals surface area contributed by atoms with E-state index >= 15 is 0 Å². The minimum absolute atomic E-state index is 0.0179. The van der Waals surface area contributed by atoms with Crippen molar-refractivity contribution in [3.63, 3.8) is 0 Å². The number of aromatic nitrogens is 1. The Morgan fingerprint density at radius 1 is 1.24 bits per heavy atom. The molecule has 0 radical (unpaired) electrons. The molecule has 6 rings (SSSR count). The molecule has 12 heteroatoms. The molecule has 3 amide bonds. The van der Waals surface area contributed by atoms with Crippen molar-refractivity contribution in [3.05, 3.63) is 35.5 Å². The first-order valence-electron chi connectivity index (χ1n) is 12.2. The van der Waals surface area contributed by atoms with Crippen molar-refractivity contribution >= 4 is 28.6 Å². The van der Waals surface area contributed by atoms with Crippen molar-refractivity contribution in [2.24, 2.45) is 11.8 Å². The average Bonchev–Trinajstić information content (AvgIpc) is 3.47. The Morgan fingerprint density at radius 3 is 2.68 bits per heavy atom. The summed E-state index contributed by atoms with van der Waals surface area (Å²) < 4.78 is 56.8. The van der Waals surface area contributed by atoms with Gasteiger partial charge in [-0.25, -0.2) is 17.6 Å². The topological polar surface area (TPSA) is 118 Å². The molecule has 8 nitrogen and oxygen atoms in total. The van der Waals surface area contributed by atoms with Gasteiger partial charge in [0.2, 0.25) is 11.8 Å². The van der Waals surface area contributed by atoms with Crippen LogP contribution in [-0.2, 0) is 9.59 Å². The van der Waals surface area contributed by atoms with Gasteiger partial charge in [-0.15, -0.1) is 0 Å². The van der Waals surface area contributed by atoms with E-state index in [-0.39, 0.29) is 47.3 Å². The number of H-pyrrole nitrogens is 1. The molecule has 4 heterocycles. The highest BCUT2D eigenvalue weighted by molar-refractivity contribution is 6.01. The predicted octanol–water partition coefficient (Wildman–Crippen LogP) is 3.27. The molecule has 1 saturated carbocycles. The van der Waals surface area contributed by atoms with Crippen LogP contribution >= 0.6 is 0 Å². The number of nitrogens with zero attached hydrogens (tertiary/aromatic N) is 2. The molecule has 5 atom stereocenters. The molecule has 1 aromatic carbocycles. The van der Waals surface area contributed by atoms with Crippen LogP contribution in [0.5, 0.6) is 0 Å². The lowest BCUT2D eigenvalue weighted by molar-refractivity contribution is -0.179. The first-order chi connectivity index (χ1) is 17.6. The van der Waals surface area contributed by atoms with Crippen LogP contribution in [0.25, 0.3) is 10.9 Å². The number of fused-ring (bicyclic) bond motifs is 4. The Morgan fingerprint density at radius 2 is 2.03 bits per heavy atom. The van der Waals surface area contributed by atoms with Gasteiger partial charge < -0.3 is 20.5 Å². The predicted molar refractivity (Wildman–Crippen MR) is 123 cm³/mol. The number of carbonyl (C=O) groups excluding carboxylic acids is 3. The van der Waals surface area contributed by atoms with Gasteiger partial charge in [-0.2, -0.15) is 5.26 Å². The zero-order valence-corrected chi connectivity index (χ0v) is 19.6. The van der Waals surface area contributed by atoms with Crippen molar-refractivity contribution in [1.29, 1.82) is 5.26 Å². The lowest BCUT2D eigenvalue weighted by atomic mass is 9.71. The van der Waals surface area contributed by atoms with E-state index in [9.17, 15) is 37.2 Å². The quantitative estimate of drug-likeness (QED) is 0.508. The average molecular weight is 519 g/mol. The van der Waals surface area contributed by atoms with Gasteiger partial charge in [0.1, 0.15) is 17.8 Å². The minimum Gasteiger partial charge on any atom is -0.356 e. The van der Waals surface area contributed by atoms with E-state index < -0.39 is 60.5 Å². The Kier molecular flexibility index (Phi) is 6.33. The molecule has 196 valence electrons. The molecule has 4 fully saturated rings. The summed E-state index contributed by atoms with van der Waals surface area (Å²) >= 11 is 0. The smallest absolute Gasteiger partial charge is 0.271 e. The maximum Gasteiger partial charge on any atom is 0.271 e. The van der Waals surface area contributed by atoms with Crippen molar-refractivity contribution < 1.29 is 31.9 Å². The van der Waals surface area contributed by atoms with Crippen molar-refractivity contribution in [1.82, 2.24) is 20.5 Å². The number of alkyl halides is 4. The van der Waals surface area contributed by atoms with E-state index in [2.05, 4.69) is 15.6 Å². The molecule has 2 bridgehead atoms. The van der Waals surface area contributed by atoms with Crippen LogP contribution in [-0.4, -0.2) is 58.2 Å². The number of amides is 3. The van der Waals surface area contributed by atoms with Gasteiger partial charge in [-0.3, -0.25) is 14.4 Å². The minimum atomic E-state index is -3.20. The second-order valence-corrected chi connectivity index (χ2v) is 9.95. The molecule has 3 N–H and O–H groups in total. The summed E-state index contributed by atoms with van der Waals surface area (Å²) in [6.45, 7) is 0.453. The van der Waals surface area contributed by atoms with Gasteiger partial charge in [-0.05, 0) is 37.8 Å². The fourth-order valence-electron chi connectivity index (χ4n) is 5.98. The molecule has 37 heavy (non-hydrogen) atoms. The van der Waals surface area contributed by atoms with E-state index in [0.29, 0.717) is 13.0 Å². The second kappa shape index (κ2) is 9.36. The van der Waals surface area contributed by atoms with Crippen LogP contribution in [0.2, 0.25) is 0 Å². The van der Waals surface area contributed by atoms with Crippen LogP contribution in [0, 0.1) is 23.2 Å². The highest BCUT2D eigenvalue weighted by Crippen LogP contribution is 2.49. The zero-order chi connectivity index (χ0) is 26.5. The molecule has 3 aliphatic heterocycles. The van der Waals surface area contributed by atoms with Gasteiger partial charge in [0.15, 0.2) is 0 Å². The third-order valence-corrected chi connectivity index (χ3v) is 7.76. The number of hydrogen-bond donors (Lipinski definition) is 3. The first-order valence-corrected chi connectivity index (χ1v) is 12.2. The molecule has 1 aliphatic carbocycles. The van der Waals surface area contributed by atoms with Gasteiger partial charge >= 0.3 is 0 Å². The van der Waals surface area contributed by atoms with Gasteiger partial charge in [0.25, 0.3) is 18.3 Å². The molecular formula is C25H25F4N5O3. The summed E-state index contributed by atoms with van der Waals surface area (Å²) in [5.41, 5.74) is -0.0770. The van der Waals surface area contributed by atoms with Crippen molar-refractivity contribution in [3.8, 4) is 6.07 Å². The van der Waals surface area contributed by atoms with E-state index in [1.54, 1.807) is 0 Å². The number of benzene rings is 1. The Hall–Kier alpha value is -3.62. The number of hydrogen-bond acceptors (Lipinski definition) is 4. The van der Waals surface area contributed by atoms with Crippen LogP contribution in [0.15, 0.2) is 24.3 Å². The highest BCUT2D eigenvalue weighted by atomic mass is 19.3. The van der Waals surface area contributed by atoms with Gasteiger partial charge in [0, 0.05) is 41.4 Å². The van der Waals surface area contributed by atoms with Crippen LogP contribution in [0.3, 0.4) is 0 Å². The Balaban J connectivity index is 1.44.